The predicted octanol–water partition coefficient (Wildman–Crippen LogP) is 2.55. The molecule has 6 rings (SSSR count). The average Bonchev–Trinajstić information content (AvgIpc) is 3.41. The van der Waals surface area contributed by atoms with Crippen molar-refractivity contribution in [3.05, 3.63) is 55.4 Å². The van der Waals surface area contributed by atoms with E-state index in [1.807, 2.05) is 6.07 Å². The number of nitrogens with zero attached hydrogens (tertiary/aromatic N) is 7. The molecule has 0 spiro atoms. The van der Waals surface area contributed by atoms with Crippen LogP contribution in [0.1, 0.15) is 0 Å². The first-order valence-electron chi connectivity index (χ1n) is 12.8. The SMILES string of the molecule is C=CC(=O)Nc1ccc2oc(N3CCN(c4cc(-c5cnc(N)nc5)nc(N5CCOCC5)c4)CC3)nc2c1. The highest BCUT2D eigenvalue weighted by molar-refractivity contribution is 5.99. The second-order valence-corrected chi connectivity index (χ2v) is 9.34. The third-order valence-electron chi connectivity index (χ3n) is 6.84. The minimum absolute atomic E-state index is 0.233. The number of hydrogen-bond donors (Lipinski definition) is 2. The van der Waals surface area contributed by atoms with Gasteiger partial charge in [0.15, 0.2) is 5.58 Å². The first kappa shape index (κ1) is 24.6. The molecule has 0 saturated carbocycles. The molecule has 200 valence electrons. The summed E-state index contributed by atoms with van der Waals surface area (Å²) in [5.74, 6) is 0.869. The average molecular weight is 528 g/mol. The number of hydrogen-bond acceptors (Lipinski definition) is 11. The van der Waals surface area contributed by atoms with E-state index in [0.717, 1.165) is 62.0 Å². The molecular formula is C27H29N9O3. The first-order valence-corrected chi connectivity index (χ1v) is 12.8. The molecule has 2 saturated heterocycles. The summed E-state index contributed by atoms with van der Waals surface area (Å²) < 4.78 is 11.6. The van der Waals surface area contributed by atoms with Crippen molar-refractivity contribution in [1.29, 1.82) is 0 Å². The van der Waals surface area contributed by atoms with Gasteiger partial charge in [-0.1, -0.05) is 6.58 Å². The van der Waals surface area contributed by atoms with Gasteiger partial charge < -0.3 is 34.9 Å². The van der Waals surface area contributed by atoms with E-state index in [2.05, 4.69) is 53.7 Å². The lowest BCUT2D eigenvalue weighted by Crippen LogP contribution is -2.46. The van der Waals surface area contributed by atoms with E-state index in [1.165, 1.54) is 6.08 Å². The standard InChI is InChI=1S/C27H29N9O3/c1-2-25(37)31-19-3-4-23-22(13-19)33-27(39-23)36-7-5-34(6-8-36)20-14-21(18-16-29-26(28)30-17-18)32-24(15-20)35-9-11-38-12-10-35/h2-4,13-17H,1,5-12H2,(H,31,37)(H2,28,29,30). The van der Waals surface area contributed by atoms with Gasteiger partial charge in [-0.3, -0.25) is 4.79 Å². The Hall–Kier alpha value is -4.71. The van der Waals surface area contributed by atoms with Crippen LogP contribution in [0.5, 0.6) is 0 Å². The smallest absolute Gasteiger partial charge is 0.298 e. The number of aromatic nitrogens is 4. The Balaban J connectivity index is 1.21. The quantitative estimate of drug-likeness (QED) is 0.358. The van der Waals surface area contributed by atoms with E-state index in [0.29, 0.717) is 36.0 Å². The fourth-order valence-corrected chi connectivity index (χ4v) is 4.73. The Kier molecular flexibility index (Phi) is 6.68. The van der Waals surface area contributed by atoms with Crippen LogP contribution in [0.3, 0.4) is 0 Å². The van der Waals surface area contributed by atoms with Crippen LogP contribution >= 0.6 is 0 Å². The van der Waals surface area contributed by atoms with Gasteiger partial charge in [-0.05, 0) is 30.3 Å². The molecule has 0 aliphatic carbocycles. The van der Waals surface area contributed by atoms with Crippen LogP contribution in [0.4, 0.5) is 29.2 Å². The van der Waals surface area contributed by atoms with Crippen molar-refractivity contribution >= 4 is 46.2 Å². The van der Waals surface area contributed by atoms with Crippen molar-refractivity contribution in [2.75, 3.05) is 78.2 Å². The van der Waals surface area contributed by atoms with Crippen LogP contribution in [-0.2, 0) is 9.53 Å². The first-order chi connectivity index (χ1) is 19.1. The van der Waals surface area contributed by atoms with E-state index in [1.54, 1.807) is 24.5 Å². The largest absolute Gasteiger partial charge is 0.423 e. The molecule has 2 aliphatic rings. The molecule has 3 aromatic heterocycles. The minimum atomic E-state index is -0.269. The summed E-state index contributed by atoms with van der Waals surface area (Å²) in [5.41, 5.74) is 10.4. The molecule has 0 unspecified atom stereocenters. The monoisotopic (exact) mass is 527 g/mol. The maximum Gasteiger partial charge on any atom is 0.298 e. The summed E-state index contributed by atoms with van der Waals surface area (Å²) in [6.07, 6.45) is 4.64. The zero-order chi connectivity index (χ0) is 26.8. The van der Waals surface area contributed by atoms with Gasteiger partial charge in [0.1, 0.15) is 11.3 Å². The number of nitrogens with two attached hydrogens (primary N) is 1. The van der Waals surface area contributed by atoms with Gasteiger partial charge in [0.05, 0.1) is 18.9 Å². The summed E-state index contributed by atoms with van der Waals surface area (Å²) >= 11 is 0. The fourth-order valence-electron chi connectivity index (χ4n) is 4.73. The Morgan fingerprint density at radius 1 is 0.949 bits per heavy atom. The molecule has 12 heteroatoms. The highest BCUT2D eigenvalue weighted by Gasteiger charge is 2.24. The molecule has 2 fully saturated rings. The summed E-state index contributed by atoms with van der Waals surface area (Å²) in [4.78, 5) is 36.3. The van der Waals surface area contributed by atoms with Gasteiger partial charge in [-0.2, -0.15) is 4.98 Å². The summed E-state index contributed by atoms with van der Waals surface area (Å²) in [6.45, 7) is 9.46. The van der Waals surface area contributed by atoms with Crippen molar-refractivity contribution in [3.8, 4) is 11.3 Å². The Morgan fingerprint density at radius 3 is 2.44 bits per heavy atom. The molecular weight excluding hydrogens is 498 g/mol. The van der Waals surface area contributed by atoms with Gasteiger partial charge in [0.2, 0.25) is 11.9 Å². The fraction of sp³-hybridized carbons (Fsp3) is 0.296. The van der Waals surface area contributed by atoms with Gasteiger partial charge in [0.25, 0.3) is 6.01 Å². The number of piperazine rings is 1. The highest BCUT2D eigenvalue weighted by atomic mass is 16.5. The number of nitrogens with one attached hydrogen (secondary N) is 1. The number of anilines is 5. The van der Waals surface area contributed by atoms with Crippen molar-refractivity contribution in [2.45, 2.75) is 0 Å². The van der Waals surface area contributed by atoms with E-state index in [-0.39, 0.29) is 11.9 Å². The molecule has 1 amide bonds. The van der Waals surface area contributed by atoms with Crippen molar-refractivity contribution < 1.29 is 13.9 Å². The molecule has 0 bridgehead atoms. The number of carbonyl (C=O) groups is 1. The number of nitrogen functional groups attached to an aromatic ring is 1. The Labute approximate surface area is 225 Å². The lowest BCUT2D eigenvalue weighted by molar-refractivity contribution is -0.111. The third kappa shape index (κ3) is 5.32. The Morgan fingerprint density at radius 2 is 1.69 bits per heavy atom. The number of carbonyl (C=O) groups excluding carboxylic acids is 1. The van der Waals surface area contributed by atoms with Crippen LogP contribution in [0.2, 0.25) is 0 Å². The molecule has 0 atom stereocenters. The van der Waals surface area contributed by atoms with Crippen LogP contribution in [-0.4, -0.2) is 78.3 Å². The van der Waals surface area contributed by atoms with Crippen molar-refractivity contribution in [3.63, 3.8) is 0 Å². The maximum absolute atomic E-state index is 11.6. The van der Waals surface area contributed by atoms with Gasteiger partial charge in [-0.15, -0.1) is 0 Å². The normalized spacial score (nSPS) is 15.9. The minimum Gasteiger partial charge on any atom is -0.423 e. The molecule has 3 N–H and O–H groups in total. The molecule has 5 heterocycles. The second-order valence-electron chi connectivity index (χ2n) is 9.34. The zero-order valence-corrected chi connectivity index (χ0v) is 21.4. The molecule has 12 nitrogen and oxygen atoms in total. The number of amides is 1. The number of ether oxygens (including phenoxy) is 1. The van der Waals surface area contributed by atoms with Crippen LogP contribution in [0.25, 0.3) is 22.4 Å². The maximum atomic E-state index is 11.6. The van der Waals surface area contributed by atoms with Crippen LogP contribution < -0.4 is 25.8 Å². The predicted molar refractivity (Wildman–Crippen MR) is 150 cm³/mol. The lowest BCUT2D eigenvalue weighted by atomic mass is 10.1. The van der Waals surface area contributed by atoms with E-state index in [9.17, 15) is 4.79 Å². The third-order valence-corrected chi connectivity index (χ3v) is 6.84. The van der Waals surface area contributed by atoms with Gasteiger partial charge in [0, 0.05) is 74.7 Å². The van der Waals surface area contributed by atoms with Gasteiger partial charge in [-0.25, -0.2) is 15.0 Å². The molecule has 1 aromatic carbocycles. The van der Waals surface area contributed by atoms with Crippen molar-refractivity contribution in [2.24, 2.45) is 0 Å². The lowest BCUT2D eigenvalue weighted by Gasteiger charge is -2.36. The molecule has 2 aliphatic heterocycles. The van der Waals surface area contributed by atoms with E-state index in [4.69, 9.17) is 19.9 Å². The summed E-state index contributed by atoms with van der Waals surface area (Å²) in [7, 11) is 0. The topological polar surface area (TPSA) is 139 Å². The number of pyridine rings is 1. The van der Waals surface area contributed by atoms with Crippen LogP contribution in [0, 0.1) is 0 Å². The van der Waals surface area contributed by atoms with Crippen molar-refractivity contribution in [1.82, 2.24) is 19.9 Å². The summed E-state index contributed by atoms with van der Waals surface area (Å²) in [6, 6.07) is 10.2. The molecule has 4 aromatic rings. The number of rotatable bonds is 6. The summed E-state index contributed by atoms with van der Waals surface area (Å²) in [5, 5.41) is 2.76. The number of oxazole rings is 1. The highest BCUT2D eigenvalue weighted by Crippen LogP contribution is 2.30. The van der Waals surface area contributed by atoms with Crippen LogP contribution in [0.15, 0.2) is 59.8 Å². The molecule has 39 heavy (non-hydrogen) atoms. The molecule has 0 radical (unpaired) electrons. The number of benzene rings is 1. The number of fused-ring (bicyclic) bond motifs is 1. The Bertz CT molecular complexity index is 1490. The second kappa shape index (κ2) is 10.6. The zero-order valence-electron chi connectivity index (χ0n) is 21.4. The number of morpholine rings is 1. The van der Waals surface area contributed by atoms with Gasteiger partial charge >= 0.3 is 0 Å². The van der Waals surface area contributed by atoms with E-state index < -0.39 is 0 Å². The van der Waals surface area contributed by atoms with E-state index >= 15 is 0 Å².